The lowest BCUT2D eigenvalue weighted by atomic mass is 10.0. The van der Waals surface area contributed by atoms with Gasteiger partial charge in [0.15, 0.2) is 0 Å². The van der Waals surface area contributed by atoms with Crippen LogP contribution in [0.3, 0.4) is 0 Å². The van der Waals surface area contributed by atoms with Gasteiger partial charge in [0.25, 0.3) is 0 Å². The number of nitrogen functional groups attached to an aromatic ring is 1. The van der Waals surface area contributed by atoms with Crippen LogP contribution in [-0.4, -0.2) is 9.97 Å². The van der Waals surface area contributed by atoms with E-state index in [9.17, 15) is 4.39 Å². The van der Waals surface area contributed by atoms with Crippen molar-refractivity contribution < 1.29 is 4.39 Å². The summed E-state index contributed by atoms with van der Waals surface area (Å²) in [4.78, 5) is 8.44. The first-order valence-corrected chi connectivity index (χ1v) is 6.50. The molecular formula is C16H15ClFN3. The maximum absolute atomic E-state index is 13.8. The van der Waals surface area contributed by atoms with E-state index in [2.05, 4.69) is 9.97 Å². The van der Waals surface area contributed by atoms with Crippen molar-refractivity contribution in [3.63, 3.8) is 0 Å². The molecule has 5 heteroatoms. The van der Waals surface area contributed by atoms with Gasteiger partial charge in [-0.3, -0.25) is 0 Å². The Morgan fingerprint density at radius 1 is 1.05 bits per heavy atom. The van der Waals surface area contributed by atoms with Gasteiger partial charge in [-0.2, -0.15) is 0 Å². The lowest BCUT2D eigenvalue weighted by molar-refractivity contribution is 0.640. The molecule has 1 aromatic heterocycles. The summed E-state index contributed by atoms with van der Waals surface area (Å²) < 4.78 is 13.8. The highest BCUT2D eigenvalue weighted by molar-refractivity contribution is 5.96. The minimum Gasteiger partial charge on any atom is -0.368 e. The quantitative estimate of drug-likeness (QED) is 0.778. The van der Waals surface area contributed by atoms with Gasteiger partial charge < -0.3 is 5.73 Å². The van der Waals surface area contributed by atoms with E-state index in [4.69, 9.17) is 5.73 Å². The van der Waals surface area contributed by atoms with Crippen molar-refractivity contribution in [1.82, 2.24) is 9.97 Å². The number of halogens is 2. The predicted molar refractivity (Wildman–Crippen MR) is 86.0 cm³/mol. The minimum atomic E-state index is -0.234. The second-order valence-corrected chi connectivity index (χ2v) is 4.60. The number of nitrogens with zero attached hydrogens (tertiary/aromatic N) is 2. The Balaban J connectivity index is 0.00000161. The Hall–Kier alpha value is -2.20. The molecule has 2 N–H and O–H groups in total. The van der Waals surface area contributed by atoms with E-state index >= 15 is 0 Å². The Bertz CT molecular complexity index is 790. The number of benzene rings is 2. The molecule has 0 aliphatic rings. The lowest BCUT2D eigenvalue weighted by Crippen LogP contribution is -2.00. The van der Waals surface area contributed by atoms with Crippen LogP contribution in [0.1, 0.15) is 12.6 Å². The number of nitrogens with two attached hydrogens (primary N) is 1. The maximum Gasteiger partial charge on any atom is 0.220 e. The summed E-state index contributed by atoms with van der Waals surface area (Å²) in [5.74, 6) is 0.00912. The molecule has 0 spiro atoms. The third kappa shape index (κ3) is 2.81. The third-order valence-corrected chi connectivity index (χ3v) is 3.31. The SMILES string of the molecule is CCc1cc(-c2ccc(F)c3ccccc23)nc(N)n1.Cl. The van der Waals surface area contributed by atoms with Gasteiger partial charge in [0.2, 0.25) is 5.95 Å². The van der Waals surface area contributed by atoms with Crippen LogP contribution in [0.15, 0.2) is 42.5 Å². The van der Waals surface area contributed by atoms with Crippen molar-refractivity contribution in [1.29, 1.82) is 0 Å². The first-order valence-electron chi connectivity index (χ1n) is 6.50. The standard InChI is InChI=1S/C16H14FN3.ClH/c1-2-10-9-15(20-16(18)19-10)13-7-8-14(17)12-6-4-3-5-11(12)13;/h3-9H,2H2,1H3,(H2,18,19,20);1H. The number of hydrogen-bond donors (Lipinski definition) is 1. The fourth-order valence-electron chi connectivity index (χ4n) is 2.32. The molecule has 0 unspecified atom stereocenters. The zero-order valence-corrected chi connectivity index (χ0v) is 12.3. The average Bonchev–Trinajstić information content (AvgIpc) is 2.47. The van der Waals surface area contributed by atoms with Gasteiger partial charge in [0, 0.05) is 16.6 Å². The number of aryl methyl sites for hydroxylation is 1. The second-order valence-electron chi connectivity index (χ2n) is 4.60. The first-order chi connectivity index (χ1) is 9.69. The summed E-state index contributed by atoms with van der Waals surface area (Å²) in [5, 5.41) is 1.41. The van der Waals surface area contributed by atoms with E-state index in [-0.39, 0.29) is 24.2 Å². The highest BCUT2D eigenvalue weighted by atomic mass is 35.5. The van der Waals surface area contributed by atoms with Gasteiger partial charge in [-0.05, 0) is 30.0 Å². The zero-order valence-electron chi connectivity index (χ0n) is 11.5. The molecule has 0 atom stereocenters. The summed E-state index contributed by atoms with van der Waals surface area (Å²) in [5.41, 5.74) is 8.22. The van der Waals surface area contributed by atoms with E-state index in [1.165, 1.54) is 6.07 Å². The molecule has 108 valence electrons. The number of fused-ring (bicyclic) bond motifs is 1. The second kappa shape index (κ2) is 6.06. The molecule has 0 fully saturated rings. The van der Waals surface area contributed by atoms with E-state index in [0.29, 0.717) is 5.39 Å². The van der Waals surface area contributed by atoms with Crippen molar-refractivity contribution in [2.45, 2.75) is 13.3 Å². The van der Waals surface area contributed by atoms with Crippen LogP contribution in [0.25, 0.3) is 22.0 Å². The van der Waals surface area contributed by atoms with Crippen molar-refractivity contribution in [2.75, 3.05) is 5.73 Å². The topological polar surface area (TPSA) is 51.8 Å². The molecule has 3 nitrogen and oxygen atoms in total. The molecular weight excluding hydrogens is 289 g/mol. The van der Waals surface area contributed by atoms with Crippen molar-refractivity contribution >= 4 is 29.1 Å². The van der Waals surface area contributed by atoms with Crippen LogP contribution in [0.2, 0.25) is 0 Å². The van der Waals surface area contributed by atoms with Crippen LogP contribution in [-0.2, 0) is 6.42 Å². The molecule has 2 aromatic carbocycles. The smallest absolute Gasteiger partial charge is 0.220 e. The highest BCUT2D eigenvalue weighted by Gasteiger charge is 2.10. The fourth-order valence-corrected chi connectivity index (χ4v) is 2.32. The number of anilines is 1. The molecule has 3 aromatic rings. The molecule has 21 heavy (non-hydrogen) atoms. The molecule has 0 aliphatic carbocycles. The molecule has 0 saturated carbocycles. The molecule has 0 radical (unpaired) electrons. The number of rotatable bonds is 2. The monoisotopic (exact) mass is 303 g/mol. The third-order valence-electron chi connectivity index (χ3n) is 3.31. The Kier molecular flexibility index (Phi) is 4.38. The molecule has 1 heterocycles. The molecule has 0 saturated heterocycles. The van der Waals surface area contributed by atoms with Crippen LogP contribution >= 0.6 is 12.4 Å². The normalized spacial score (nSPS) is 10.4. The van der Waals surface area contributed by atoms with Crippen molar-refractivity contribution in [3.05, 3.63) is 54.0 Å². The maximum atomic E-state index is 13.8. The van der Waals surface area contributed by atoms with Gasteiger partial charge in [-0.25, -0.2) is 14.4 Å². The summed E-state index contributed by atoms with van der Waals surface area (Å²) in [7, 11) is 0. The summed E-state index contributed by atoms with van der Waals surface area (Å²) >= 11 is 0. The molecule has 0 bridgehead atoms. The van der Waals surface area contributed by atoms with Crippen LogP contribution < -0.4 is 5.73 Å². The summed E-state index contributed by atoms with van der Waals surface area (Å²) in [6.45, 7) is 2.01. The minimum absolute atomic E-state index is 0. The summed E-state index contributed by atoms with van der Waals surface area (Å²) in [6, 6.07) is 12.4. The van der Waals surface area contributed by atoms with Crippen LogP contribution in [0.4, 0.5) is 10.3 Å². The van der Waals surface area contributed by atoms with Gasteiger partial charge in [-0.1, -0.05) is 31.2 Å². The van der Waals surface area contributed by atoms with Crippen LogP contribution in [0.5, 0.6) is 0 Å². The molecule has 0 amide bonds. The molecule has 0 aliphatic heterocycles. The van der Waals surface area contributed by atoms with Crippen molar-refractivity contribution in [3.8, 4) is 11.3 Å². The largest absolute Gasteiger partial charge is 0.368 e. The van der Waals surface area contributed by atoms with Crippen molar-refractivity contribution in [2.24, 2.45) is 0 Å². The van der Waals surface area contributed by atoms with E-state index in [1.807, 2.05) is 31.2 Å². The molecule has 3 rings (SSSR count). The number of aromatic nitrogens is 2. The predicted octanol–water partition coefficient (Wildman–Crippen LogP) is 4.00. The van der Waals surface area contributed by atoms with Gasteiger partial charge in [-0.15, -0.1) is 12.4 Å². The average molecular weight is 304 g/mol. The van der Waals surface area contributed by atoms with E-state index in [1.54, 1.807) is 12.1 Å². The van der Waals surface area contributed by atoms with Crippen LogP contribution in [0, 0.1) is 5.82 Å². The Morgan fingerprint density at radius 3 is 2.48 bits per heavy atom. The van der Waals surface area contributed by atoms with E-state index in [0.717, 1.165) is 28.8 Å². The Morgan fingerprint density at radius 2 is 1.76 bits per heavy atom. The number of hydrogen-bond acceptors (Lipinski definition) is 3. The highest BCUT2D eigenvalue weighted by Crippen LogP contribution is 2.29. The van der Waals surface area contributed by atoms with Gasteiger partial charge >= 0.3 is 0 Å². The summed E-state index contributed by atoms with van der Waals surface area (Å²) in [6.07, 6.45) is 0.777. The first kappa shape index (κ1) is 15.2. The zero-order chi connectivity index (χ0) is 14.1. The Labute approximate surface area is 128 Å². The van der Waals surface area contributed by atoms with Gasteiger partial charge in [0.05, 0.1) is 5.69 Å². The van der Waals surface area contributed by atoms with Gasteiger partial charge in [0.1, 0.15) is 5.82 Å². The fraction of sp³-hybridized carbons (Fsp3) is 0.125. The lowest BCUT2D eigenvalue weighted by Gasteiger charge is -2.09. The van der Waals surface area contributed by atoms with E-state index < -0.39 is 0 Å².